The Balaban J connectivity index is 2.41. The highest BCUT2D eigenvalue weighted by Gasteiger charge is 2.14. The van der Waals surface area contributed by atoms with Crippen LogP contribution in [0.15, 0.2) is 48.5 Å². The number of carboxylic acid groups (broad SMARTS) is 1. The van der Waals surface area contributed by atoms with E-state index in [0.717, 1.165) is 16.7 Å². The molecule has 1 N–H and O–H groups in total. The van der Waals surface area contributed by atoms with Crippen molar-refractivity contribution >= 4 is 11.8 Å². The lowest BCUT2D eigenvalue weighted by Crippen LogP contribution is -2.12. The smallest absolute Gasteiger partial charge is 0.377 e. The van der Waals surface area contributed by atoms with E-state index in [2.05, 4.69) is 0 Å². The van der Waals surface area contributed by atoms with Crippen LogP contribution in [-0.2, 0) is 4.79 Å². The van der Waals surface area contributed by atoms with E-state index in [1.54, 1.807) is 12.1 Å². The average Bonchev–Trinajstić information content (AvgIpc) is 2.38. The van der Waals surface area contributed by atoms with E-state index in [9.17, 15) is 9.59 Å². The van der Waals surface area contributed by atoms with Crippen molar-refractivity contribution in [3.8, 4) is 11.1 Å². The lowest BCUT2D eigenvalue weighted by molar-refractivity contribution is -0.131. The number of benzene rings is 2. The van der Waals surface area contributed by atoms with Crippen LogP contribution < -0.4 is 0 Å². The van der Waals surface area contributed by atoms with E-state index in [1.807, 2.05) is 37.3 Å². The van der Waals surface area contributed by atoms with Crippen LogP contribution in [-0.4, -0.2) is 16.9 Å². The molecule has 2 aromatic rings. The van der Waals surface area contributed by atoms with Crippen molar-refractivity contribution in [3.63, 3.8) is 0 Å². The van der Waals surface area contributed by atoms with E-state index in [1.165, 1.54) is 6.07 Å². The summed E-state index contributed by atoms with van der Waals surface area (Å²) in [5.41, 5.74) is 3.14. The van der Waals surface area contributed by atoms with Crippen molar-refractivity contribution in [2.24, 2.45) is 0 Å². The summed E-state index contributed by atoms with van der Waals surface area (Å²) < 4.78 is 0. The monoisotopic (exact) mass is 240 g/mol. The standard InChI is InChI=1S/C15H12O3/c1-10-5-7-11(8-6-10)12-3-2-4-13(9-12)14(16)15(17)18/h2-9H,1H3,(H,17,18). The van der Waals surface area contributed by atoms with E-state index in [-0.39, 0.29) is 5.56 Å². The Hall–Kier alpha value is -2.42. The van der Waals surface area contributed by atoms with Gasteiger partial charge in [-0.2, -0.15) is 0 Å². The molecule has 0 unspecified atom stereocenters. The van der Waals surface area contributed by atoms with Crippen molar-refractivity contribution in [1.82, 2.24) is 0 Å². The van der Waals surface area contributed by atoms with Gasteiger partial charge in [0.1, 0.15) is 0 Å². The number of hydrogen-bond donors (Lipinski definition) is 1. The zero-order valence-corrected chi connectivity index (χ0v) is 9.88. The van der Waals surface area contributed by atoms with Crippen molar-refractivity contribution in [3.05, 3.63) is 59.7 Å². The van der Waals surface area contributed by atoms with Crippen LogP contribution in [0.3, 0.4) is 0 Å². The van der Waals surface area contributed by atoms with Crippen LogP contribution in [0.5, 0.6) is 0 Å². The summed E-state index contributed by atoms with van der Waals surface area (Å²) in [5.74, 6) is -2.32. The van der Waals surface area contributed by atoms with Crippen molar-refractivity contribution < 1.29 is 14.7 Å². The second kappa shape index (κ2) is 4.84. The first-order chi connectivity index (χ1) is 8.58. The normalized spacial score (nSPS) is 10.1. The van der Waals surface area contributed by atoms with Gasteiger partial charge in [0.05, 0.1) is 0 Å². The number of carboxylic acids is 1. The van der Waals surface area contributed by atoms with Crippen molar-refractivity contribution in [1.29, 1.82) is 0 Å². The molecule has 18 heavy (non-hydrogen) atoms. The Morgan fingerprint density at radius 3 is 2.22 bits per heavy atom. The molecular weight excluding hydrogens is 228 g/mol. The number of aryl methyl sites for hydroxylation is 1. The molecule has 0 aliphatic rings. The first-order valence-electron chi connectivity index (χ1n) is 5.52. The van der Waals surface area contributed by atoms with Gasteiger partial charge in [0.2, 0.25) is 0 Å². The first kappa shape index (κ1) is 12.0. The van der Waals surface area contributed by atoms with Gasteiger partial charge in [0, 0.05) is 5.56 Å². The molecule has 3 heteroatoms. The van der Waals surface area contributed by atoms with Gasteiger partial charge in [0.25, 0.3) is 5.78 Å². The van der Waals surface area contributed by atoms with Crippen LogP contribution in [0.1, 0.15) is 15.9 Å². The summed E-state index contributed by atoms with van der Waals surface area (Å²) >= 11 is 0. The summed E-state index contributed by atoms with van der Waals surface area (Å²) in [6, 6.07) is 14.5. The molecule has 0 saturated heterocycles. The van der Waals surface area contributed by atoms with E-state index >= 15 is 0 Å². The molecule has 0 radical (unpaired) electrons. The Morgan fingerprint density at radius 2 is 1.61 bits per heavy atom. The molecule has 2 rings (SSSR count). The summed E-state index contributed by atoms with van der Waals surface area (Å²) in [6.45, 7) is 1.99. The third kappa shape index (κ3) is 2.46. The minimum atomic E-state index is -1.43. The molecule has 0 bridgehead atoms. The van der Waals surface area contributed by atoms with Crippen molar-refractivity contribution in [2.75, 3.05) is 0 Å². The molecule has 0 aliphatic carbocycles. The molecule has 0 aliphatic heterocycles. The van der Waals surface area contributed by atoms with Crippen LogP contribution in [0.2, 0.25) is 0 Å². The Kier molecular flexibility index (Phi) is 3.24. The lowest BCUT2D eigenvalue weighted by Gasteiger charge is -2.04. The second-order valence-corrected chi connectivity index (χ2v) is 4.08. The van der Waals surface area contributed by atoms with Gasteiger partial charge in [-0.3, -0.25) is 4.79 Å². The third-order valence-electron chi connectivity index (χ3n) is 2.70. The summed E-state index contributed by atoms with van der Waals surface area (Å²) in [6.07, 6.45) is 0. The molecule has 3 nitrogen and oxygen atoms in total. The van der Waals surface area contributed by atoms with Gasteiger partial charge in [0.15, 0.2) is 0 Å². The molecule has 0 aromatic heterocycles. The molecule has 2 aromatic carbocycles. The fourth-order valence-electron chi connectivity index (χ4n) is 1.71. The predicted molar refractivity (Wildman–Crippen MR) is 68.6 cm³/mol. The van der Waals surface area contributed by atoms with Gasteiger partial charge >= 0.3 is 5.97 Å². The minimum absolute atomic E-state index is 0.195. The maximum atomic E-state index is 11.4. The van der Waals surface area contributed by atoms with Crippen LogP contribution >= 0.6 is 0 Å². The van der Waals surface area contributed by atoms with E-state index in [4.69, 9.17) is 5.11 Å². The Bertz CT molecular complexity index is 597. The SMILES string of the molecule is Cc1ccc(-c2cccc(C(=O)C(=O)O)c2)cc1. The number of Topliss-reactive ketones (excluding diaryl/α,β-unsaturated/α-hetero) is 1. The molecule has 0 fully saturated rings. The number of carbonyl (C=O) groups excluding carboxylic acids is 1. The quantitative estimate of drug-likeness (QED) is 0.663. The molecule has 0 saturated carbocycles. The van der Waals surface area contributed by atoms with Gasteiger partial charge in [-0.15, -0.1) is 0 Å². The fraction of sp³-hybridized carbons (Fsp3) is 0.0667. The molecule has 90 valence electrons. The van der Waals surface area contributed by atoms with Crippen LogP contribution in [0, 0.1) is 6.92 Å². The maximum Gasteiger partial charge on any atom is 0.377 e. The predicted octanol–water partition coefficient (Wildman–Crippen LogP) is 2.93. The largest absolute Gasteiger partial charge is 0.475 e. The van der Waals surface area contributed by atoms with Gasteiger partial charge in [-0.25, -0.2) is 4.79 Å². The molecular formula is C15H12O3. The lowest BCUT2D eigenvalue weighted by atomic mass is 10.0. The molecule has 0 heterocycles. The number of aliphatic carboxylic acids is 1. The zero-order chi connectivity index (χ0) is 13.1. The van der Waals surface area contributed by atoms with E-state index < -0.39 is 11.8 Å². The number of rotatable bonds is 3. The van der Waals surface area contributed by atoms with Gasteiger partial charge in [-0.05, 0) is 24.1 Å². The van der Waals surface area contributed by atoms with Crippen LogP contribution in [0.25, 0.3) is 11.1 Å². The molecule has 0 amide bonds. The van der Waals surface area contributed by atoms with Crippen LogP contribution in [0.4, 0.5) is 0 Å². The van der Waals surface area contributed by atoms with Gasteiger partial charge < -0.3 is 5.11 Å². The highest BCUT2D eigenvalue weighted by molar-refractivity contribution is 6.39. The second-order valence-electron chi connectivity index (χ2n) is 4.08. The summed E-state index contributed by atoms with van der Waals surface area (Å²) in [5, 5.41) is 8.68. The topological polar surface area (TPSA) is 54.4 Å². The highest BCUT2D eigenvalue weighted by Crippen LogP contribution is 2.21. The first-order valence-corrected chi connectivity index (χ1v) is 5.52. The van der Waals surface area contributed by atoms with Gasteiger partial charge in [-0.1, -0.05) is 48.0 Å². The number of carbonyl (C=O) groups is 2. The third-order valence-corrected chi connectivity index (χ3v) is 2.70. The Labute approximate surface area is 105 Å². The Morgan fingerprint density at radius 1 is 0.944 bits per heavy atom. The maximum absolute atomic E-state index is 11.4. The fourth-order valence-corrected chi connectivity index (χ4v) is 1.71. The summed E-state index contributed by atoms with van der Waals surface area (Å²) in [4.78, 5) is 22.0. The minimum Gasteiger partial charge on any atom is -0.475 e. The number of hydrogen-bond acceptors (Lipinski definition) is 2. The van der Waals surface area contributed by atoms with Crippen molar-refractivity contribution in [2.45, 2.75) is 6.92 Å². The summed E-state index contributed by atoms with van der Waals surface area (Å²) in [7, 11) is 0. The van der Waals surface area contributed by atoms with E-state index in [0.29, 0.717) is 0 Å². The zero-order valence-electron chi connectivity index (χ0n) is 9.88. The highest BCUT2D eigenvalue weighted by atomic mass is 16.4. The average molecular weight is 240 g/mol. The molecule has 0 atom stereocenters. The molecule has 0 spiro atoms. The number of ketones is 1.